The molecule has 0 bridgehead atoms. The lowest BCUT2D eigenvalue weighted by Gasteiger charge is -2.18. The summed E-state index contributed by atoms with van der Waals surface area (Å²) < 4.78 is 0. The SMILES string of the molecule is CNCC(O)C(O)c1ccc2nc(C)[nH]c(=O)c2c1. The van der Waals surface area contributed by atoms with Crippen molar-refractivity contribution in [1.82, 2.24) is 15.3 Å². The first-order chi connectivity index (χ1) is 9.02. The molecule has 1 heterocycles. The van der Waals surface area contributed by atoms with E-state index < -0.39 is 12.2 Å². The molecule has 0 aliphatic carbocycles. The van der Waals surface area contributed by atoms with Gasteiger partial charge in [0, 0.05) is 6.54 Å². The zero-order chi connectivity index (χ0) is 14.0. The fourth-order valence-electron chi connectivity index (χ4n) is 2.00. The fraction of sp³-hybridized carbons (Fsp3) is 0.385. The van der Waals surface area contributed by atoms with E-state index in [2.05, 4.69) is 15.3 Å². The average Bonchev–Trinajstić information content (AvgIpc) is 2.37. The Morgan fingerprint density at radius 1 is 1.42 bits per heavy atom. The highest BCUT2D eigenvalue weighted by Crippen LogP contribution is 2.19. The van der Waals surface area contributed by atoms with Crippen LogP contribution in [-0.2, 0) is 0 Å². The minimum Gasteiger partial charge on any atom is -0.389 e. The molecule has 4 N–H and O–H groups in total. The molecule has 0 aliphatic rings. The Bertz CT molecular complexity index is 639. The number of H-pyrrole nitrogens is 1. The van der Waals surface area contributed by atoms with Crippen LogP contribution in [0.2, 0.25) is 0 Å². The van der Waals surface area contributed by atoms with Gasteiger partial charge in [-0.2, -0.15) is 0 Å². The predicted octanol–water partition coefficient (Wildman–Crippen LogP) is -0.155. The van der Waals surface area contributed by atoms with Crippen LogP contribution in [0.4, 0.5) is 0 Å². The normalized spacial score (nSPS) is 14.5. The summed E-state index contributed by atoms with van der Waals surface area (Å²) in [6, 6.07) is 4.89. The molecule has 0 amide bonds. The van der Waals surface area contributed by atoms with E-state index in [0.717, 1.165) is 0 Å². The third kappa shape index (κ3) is 2.81. The molecule has 0 aliphatic heterocycles. The fourth-order valence-corrected chi connectivity index (χ4v) is 2.00. The number of aromatic nitrogens is 2. The molecule has 0 saturated carbocycles. The molecule has 1 aromatic carbocycles. The first-order valence-electron chi connectivity index (χ1n) is 6.04. The zero-order valence-corrected chi connectivity index (χ0v) is 10.8. The lowest BCUT2D eigenvalue weighted by molar-refractivity contribution is 0.0203. The van der Waals surface area contributed by atoms with Crippen molar-refractivity contribution >= 4 is 10.9 Å². The van der Waals surface area contributed by atoms with E-state index in [1.165, 1.54) is 0 Å². The second-order valence-corrected chi connectivity index (χ2v) is 4.50. The summed E-state index contributed by atoms with van der Waals surface area (Å²) in [5.74, 6) is 0.543. The van der Waals surface area contributed by atoms with E-state index in [9.17, 15) is 15.0 Å². The van der Waals surface area contributed by atoms with Crippen LogP contribution in [0.1, 0.15) is 17.5 Å². The van der Waals surface area contributed by atoms with Gasteiger partial charge in [0.15, 0.2) is 0 Å². The smallest absolute Gasteiger partial charge is 0.258 e. The quantitative estimate of drug-likeness (QED) is 0.614. The maximum Gasteiger partial charge on any atom is 0.258 e. The standard InChI is InChI=1S/C13H17N3O3/c1-7-15-10-4-3-8(5-9(10)13(19)16-7)12(18)11(17)6-14-2/h3-5,11-12,14,17-18H,6H2,1-2H3,(H,15,16,19). The average molecular weight is 263 g/mol. The van der Waals surface area contributed by atoms with Gasteiger partial charge in [-0.15, -0.1) is 0 Å². The molecule has 0 radical (unpaired) electrons. The Balaban J connectivity index is 2.44. The second kappa shape index (κ2) is 5.48. The van der Waals surface area contributed by atoms with Gasteiger partial charge in [-0.25, -0.2) is 4.98 Å². The first-order valence-corrected chi connectivity index (χ1v) is 6.04. The van der Waals surface area contributed by atoms with Gasteiger partial charge in [0.2, 0.25) is 0 Å². The van der Waals surface area contributed by atoms with Gasteiger partial charge in [-0.05, 0) is 31.7 Å². The highest BCUT2D eigenvalue weighted by molar-refractivity contribution is 5.78. The van der Waals surface area contributed by atoms with Crippen LogP contribution in [0.15, 0.2) is 23.0 Å². The number of hydrogen-bond donors (Lipinski definition) is 4. The molecule has 0 spiro atoms. The molecule has 2 rings (SSSR count). The Morgan fingerprint density at radius 2 is 2.16 bits per heavy atom. The molecule has 102 valence electrons. The van der Waals surface area contributed by atoms with Gasteiger partial charge >= 0.3 is 0 Å². The number of rotatable bonds is 4. The van der Waals surface area contributed by atoms with Crippen LogP contribution >= 0.6 is 0 Å². The monoisotopic (exact) mass is 263 g/mol. The molecule has 2 unspecified atom stereocenters. The van der Waals surface area contributed by atoms with Crippen molar-refractivity contribution in [3.05, 3.63) is 39.9 Å². The summed E-state index contributed by atoms with van der Waals surface area (Å²) >= 11 is 0. The number of benzene rings is 1. The number of aryl methyl sites for hydroxylation is 1. The summed E-state index contributed by atoms with van der Waals surface area (Å²) in [5, 5.41) is 22.9. The molecule has 0 saturated heterocycles. The van der Waals surface area contributed by atoms with Gasteiger partial charge in [0.25, 0.3) is 5.56 Å². The van der Waals surface area contributed by atoms with Crippen molar-refractivity contribution in [3.63, 3.8) is 0 Å². The van der Waals surface area contributed by atoms with Gasteiger partial charge in [0.05, 0.1) is 17.0 Å². The third-order valence-corrected chi connectivity index (χ3v) is 2.97. The van der Waals surface area contributed by atoms with Gasteiger partial charge in [-0.3, -0.25) is 4.79 Å². The highest BCUT2D eigenvalue weighted by atomic mass is 16.3. The number of aromatic amines is 1. The van der Waals surface area contributed by atoms with Crippen molar-refractivity contribution in [3.8, 4) is 0 Å². The Hall–Kier alpha value is -1.76. The molecule has 2 aromatic rings. The molecule has 6 nitrogen and oxygen atoms in total. The number of aliphatic hydroxyl groups excluding tert-OH is 2. The van der Waals surface area contributed by atoms with Crippen LogP contribution < -0.4 is 10.9 Å². The van der Waals surface area contributed by atoms with Crippen molar-refractivity contribution in [2.24, 2.45) is 0 Å². The number of nitrogens with zero attached hydrogens (tertiary/aromatic N) is 1. The van der Waals surface area contributed by atoms with E-state index in [-0.39, 0.29) is 12.1 Å². The number of aliphatic hydroxyl groups is 2. The maximum absolute atomic E-state index is 11.8. The minimum atomic E-state index is -1.04. The first kappa shape index (κ1) is 13.7. The summed E-state index contributed by atoms with van der Waals surface area (Å²) in [6.45, 7) is 1.97. The van der Waals surface area contributed by atoms with Crippen LogP contribution in [0, 0.1) is 6.92 Å². The Kier molecular flexibility index (Phi) is 3.94. The minimum absolute atomic E-state index is 0.250. The lowest BCUT2D eigenvalue weighted by atomic mass is 10.0. The van der Waals surface area contributed by atoms with E-state index in [1.54, 1.807) is 32.2 Å². The van der Waals surface area contributed by atoms with Crippen molar-refractivity contribution in [2.45, 2.75) is 19.1 Å². The molecule has 2 atom stereocenters. The predicted molar refractivity (Wildman–Crippen MR) is 72.0 cm³/mol. The summed E-state index contributed by atoms with van der Waals surface area (Å²) in [5.41, 5.74) is 0.811. The number of hydrogen-bond acceptors (Lipinski definition) is 5. The Morgan fingerprint density at radius 3 is 2.84 bits per heavy atom. The van der Waals surface area contributed by atoms with Crippen molar-refractivity contribution < 1.29 is 10.2 Å². The lowest BCUT2D eigenvalue weighted by Crippen LogP contribution is -2.29. The van der Waals surface area contributed by atoms with Gasteiger partial charge < -0.3 is 20.5 Å². The molecule has 6 heteroatoms. The van der Waals surface area contributed by atoms with E-state index in [4.69, 9.17) is 0 Å². The van der Waals surface area contributed by atoms with E-state index >= 15 is 0 Å². The van der Waals surface area contributed by atoms with Crippen molar-refractivity contribution in [2.75, 3.05) is 13.6 Å². The molecular formula is C13H17N3O3. The summed E-state index contributed by atoms with van der Waals surface area (Å²) in [7, 11) is 1.69. The van der Waals surface area contributed by atoms with Crippen LogP contribution in [0.3, 0.4) is 0 Å². The third-order valence-electron chi connectivity index (χ3n) is 2.97. The number of likely N-dealkylation sites (N-methyl/N-ethyl adjacent to an activating group) is 1. The molecule has 0 fully saturated rings. The second-order valence-electron chi connectivity index (χ2n) is 4.50. The molecular weight excluding hydrogens is 246 g/mol. The maximum atomic E-state index is 11.8. The highest BCUT2D eigenvalue weighted by Gasteiger charge is 2.18. The topological polar surface area (TPSA) is 98.2 Å². The number of fused-ring (bicyclic) bond motifs is 1. The summed E-state index contributed by atoms with van der Waals surface area (Å²) in [4.78, 5) is 18.6. The van der Waals surface area contributed by atoms with Crippen LogP contribution in [-0.4, -0.2) is 39.9 Å². The Labute approximate surface area is 110 Å². The molecule has 19 heavy (non-hydrogen) atoms. The largest absolute Gasteiger partial charge is 0.389 e. The van der Waals surface area contributed by atoms with Gasteiger partial charge in [-0.1, -0.05) is 6.07 Å². The number of nitrogens with one attached hydrogen (secondary N) is 2. The van der Waals surface area contributed by atoms with E-state index in [0.29, 0.717) is 22.3 Å². The van der Waals surface area contributed by atoms with Crippen LogP contribution in [0.5, 0.6) is 0 Å². The van der Waals surface area contributed by atoms with E-state index in [1.807, 2.05) is 0 Å². The molecule has 1 aromatic heterocycles. The summed E-state index contributed by atoms with van der Waals surface area (Å²) in [6.07, 6.45) is -1.97. The van der Waals surface area contributed by atoms with Crippen molar-refractivity contribution in [1.29, 1.82) is 0 Å². The van der Waals surface area contributed by atoms with Gasteiger partial charge in [0.1, 0.15) is 11.9 Å². The van der Waals surface area contributed by atoms with Crippen LogP contribution in [0.25, 0.3) is 10.9 Å². The zero-order valence-electron chi connectivity index (χ0n) is 10.8.